The van der Waals surface area contributed by atoms with Gasteiger partial charge in [-0.1, -0.05) is 18.2 Å². The van der Waals surface area contributed by atoms with Gasteiger partial charge in [-0.05, 0) is 31.9 Å². The first-order valence-electron chi connectivity index (χ1n) is 8.43. The van der Waals surface area contributed by atoms with E-state index in [-0.39, 0.29) is 11.9 Å². The summed E-state index contributed by atoms with van der Waals surface area (Å²) in [6, 6.07) is 9.31. The normalized spacial score (nSPS) is 17.0. The largest absolute Gasteiger partial charge is 0.341 e. The molecule has 0 unspecified atom stereocenters. The number of aromatic amines is 1. The van der Waals surface area contributed by atoms with Crippen molar-refractivity contribution in [3.8, 4) is 11.5 Å². The van der Waals surface area contributed by atoms with Crippen molar-refractivity contribution in [3.05, 3.63) is 65.9 Å². The molecule has 1 amide bonds. The predicted octanol–water partition coefficient (Wildman–Crippen LogP) is 3.15. The molecule has 25 heavy (non-hydrogen) atoms. The number of hydrogen-bond donors (Lipinski definition) is 1. The summed E-state index contributed by atoms with van der Waals surface area (Å²) >= 11 is 0. The molecule has 0 spiro atoms. The summed E-state index contributed by atoms with van der Waals surface area (Å²) in [5.74, 6) is 0.731. The minimum absolute atomic E-state index is 0.0373. The fraction of sp³-hybridized carbons (Fsp3) is 0.263. The lowest BCUT2D eigenvalue weighted by molar-refractivity contribution is 0.0733. The fourth-order valence-electron chi connectivity index (χ4n) is 3.35. The number of aromatic nitrogens is 4. The molecule has 1 atom stereocenters. The van der Waals surface area contributed by atoms with Gasteiger partial charge in [-0.15, -0.1) is 0 Å². The van der Waals surface area contributed by atoms with E-state index >= 15 is 0 Å². The second-order valence-electron chi connectivity index (χ2n) is 6.23. The van der Waals surface area contributed by atoms with Crippen molar-refractivity contribution in [2.45, 2.75) is 25.8 Å². The molecule has 1 aliphatic rings. The smallest absolute Gasteiger partial charge is 0.254 e. The number of hydrogen-bond acceptors (Lipinski definition) is 4. The molecule has 2 aromatic heterocycles. The molecule has 6 nitrogen and oxygen atoms in total. The summed E-state index contributed by atoms with van der Waals surface area (Å²) in [6.07, 6.45) is 6.95. The summed E-state index contributed by atoms with van der Waals surface area (Å²) in [6.45, 7) is 2.68. The van der Waals surface area contributed by atoms with E-state index in [4.69, 9.17) is 0 Å². The summed E-state index contributed by atoms with van der Waals surface area (Å²) in [7, 11) is 0. The van der Waals surface area contributed by atoms with E-state index in [0.29, 0.717) is 17.1 Å². The van der Waals surface area contributed by atoms with E-state index in [1.54, 1.807) is 18.6 Å². The van der Waals surface area contributed by atoms with E-state index in [2.05, 4.69) is 19.9 Å². The van der Waals surface area contributed by atoms with E-state index in [1.165, 1.54) is 0 Å². The van der Waals surface area contributed by atoms with Crippen LogP contribution in [0.15, 0.2) is 48.9 Å². The van der Waals surface area contributed by atoms with Crippen molar-refractivity contribution in [2.24, 2.45) is 0 Å². The van der Waals surface area contributed by atoms with Crippen LogP contribution in [-0.2, 0) is 0 Å². The molecule has 4 rings (SSSR count). The summed E-state index contributed by atoms with van der Waals surface area (Å²) in [5, 5.41) is 0. The highest BCUT2D eigenvalue weighted by Crippen LogP contribution is 2.35. The topological polar surface area (TPSA) is 74.8 Å². The highest BCUT2D eigenvalue weighted by atomic mass is 16.2. The van der Waals surface area contributed by atoms with Crippen LogP contribution in [0.4, 0.5) is 0 Å². The van der Waals surface area contributed by atoms with Crippen LogP contribution in [0.25, 0.3) is 11.5 Å². The Morgan fingerprint density at radius 1 is 1.16 bits per heavy atom. The number of likely N-dealkylation sites (tertiary alicyclic amines) is 1. The Hall–Kier alpha value is -3.02. The minimum atomic E-state index is -0.0817. The minimum Gasteiger partial charge on any atom is -0.341 e. The standard InChI is InChI=1S/C19H19N5O/c1-13-12-22-18(23-13)17-16(20-9-10-21-17)15-8-5-11-24(15)19(25)14-6-3-2-4-7-14/h2-4,6-7,9-10,12,15H,5,8,11H2,1H3,(H,22,23)/t15-/m1/s1. The van der Waals surface area contributed by atoms with Crippen molar-refractivity contribution in [2.75, 3.05) is 6.54 Å². The molecule has 1 saturated heterocycles. The van der Waals surface area contributed by atoms with Gasteiger partial charge in [0.15, 0.2) is 5.82 Å². The van der Waals surface area contributed by atoms with Gasteiger partial charge in [0.05, 0.1) is 11.7 Å². The van der Waals surface area contributed by atoms with Crippen LogP contribution in [0.2, 0.25) is 0 Å². The molecule has 3 heterocycles. The average molecular weight is 333 g/mol. The fourth-order valence-corrected chi connectivity index (χ4v) is 3.35. The third-order valence-corrected chi connectivity index (χ3v) is 4.50. The number of H-pyrrole nitrogens is 1. The van der Waals surface area contributed by atoms with Crippen molar-refractivity contribution in [3.63, 3.8) is 0 Å². The Balaban J connectivity index is 1.71. The second-order valence-corrected chi connectivity index (χ2v) is 6.23. The number of carbonyl (C=O) groups excluding carboxylic acids is 1. The average Bonchev–Trinajstić information content (AvgIpc) is 3.31. The van der Waals surface area contributed by atoms with Gasteiger partial charge in [0.25, 0.3) is 5.91 Å². The molecule has 1 aliphatic heterocycles. The Kier molecular flexibility index (Phi) is 4.01. The van der Waals surface area contributed by atoms with Gasteiger partial charge in [-0.25, -0.2) is 9.97 Å². The van der Waals surface area contributed by atoms with Gasteiger partial charge < -0.3 is 9.88 Å². The maximum absolute atomic E-state index is 12.9. The monoisotopic (exact) mass is 333 g/mol. The molecular formula is C19H19N5O. The first-order chi connectivity index (χ1) is 12.2. The number of rotatable bonds is 3. The SMILES string of the molecule is Cc1cnc(-c2nccnc2[C@H]2CCCN2C(=O)c2ccccc2)[nH]1. The van der Waals surface area contributed by atoms with E-state index in [0.717, 1.165) is 30.8 Å². The van der Waals surface area contributed by atoms with Gasteiger partial charge in [-0.3, -0.25) is 9.78 Å². The Labute approximate surface area is 146 Å². The number of amides is 1. The van der Waals surface area contributed by atoms with Crippen LogP contribution in [0.5, 0.6) is 0 Å². The molecule has 6 heteroatoms. The molecule has 126 valence electrons. The molecule has 0 saturated carbocycles. The van der Waals surface area contributed by atoms with Crippen LogP contribution >= 0.6 is 0 Å². The maximum atomic E-state index is 12.9. The molecule has 1 aromatic carbocycles. The Bertz CT molecular complexity index is 890. The molecular weight excluding hydrogens is 314 g/mol. The highest BCUT2D eigenvalue weighted by molar-refractivity contribution is 5.94. The summed E-state index contributed by atoms with van der Waals surface area (Å²) in [4.78, 5) is 31.5. The van der Waals surface area contributed by atoms with Crippen LogP contribution < -0.4 is 0 Å². The van der Waals surface area contributed by atoms with Gasteiger partial charge in [0.1, 0.15) is 5.69 Å². The van der Waals surface area contributed by atoms with E-state index in [1.807, 2.05) is 42.2 Å². The first kappa shape index (κ1) is 15.5. The quantitative estimate of drug-likeness (QED) is 0.799. The van der Waals surface area contributed by atoms with E-state index < -0.39 is 0 Å². The Morgan fingerprint density at radius 3 is 2.72 bits per heavy atom. The number of carbonyl (C=O) groups is 1. The lowest BCUT2D eigenvalue weighted by Gasteiger charge is -2.25. The molecule has 1 fully saturated rings. The number of imidazole rings is 1. The van der Waals surface area contributed by atoms with Gasteiger partial charge in [0, 0.05) is 36.4 Å². The third kappa shape index (κ3) is 2.91. The lowest BCUT2D eigenvalue weighted by Crippen LogP contribution is -2.31. The van der Waals surface area contributed by atoms with Gasteiger partial charge in [-0.2, -0.15) is 0 Å². The third-order valence-electron chi connectivity index (χ3n) is 4.50. The first-order valence-corrected chi connectivity index (χ1v) is 8.43. The number of benzene rings is 1. The second kappa shape index (κ2) is 6.47. The van der Waals surface area contributed by atoms with Crippen molar-refractivity contribution < 1.29 is 4.79 Å². The lowest BCUT2D eigenvalue weighted by atomic mass is 10.1. The van der Waals surface area contributed by atoms with Crippen LogP contribution in [-0.4, -0.2) is 37.3 Å². The predicted molar refractivity (Wildman–Crippen MR) is 93.8 cm³/mol. The molecule has 0 radical (unpaired) electrons. The molecule has 0 aliphatic carbocycles. The van der Waals surface area contributed by atoms with E-state index in [9.17, 15) is 4.79 Å². The van der Waals surface area contributed by atoms with Crippen LogP contribution in [0, 0.1) is 6.92 Å². The van der Waals surface area contributed by atoms with Crippen molar-refractivity contribution in [1.82, 2.24) is 24.8 Å². The number of aryl methyl sites for hydroxylation is 1. The maximum Gasteiger partial charge on any atom is 0.254 e. The van der Waals surface area contributed by atoms with Gasteiger partial charge in [0.2, 0.25) is 0 Å². The van der Waals surface area contributed by atoms with Crippen LogP contribution in [0.3, 0.4) is 0 Å². The molecule has 1 N–H and O–H groups in total. The molecule has 0 bridgehead atoms. The van der Waals surface area contributed by atoms with Crippen LogP contribution in [0.1, 0.15) is 40.6 Å². The highest BCUT2D eigenvalue weighted by Gasteiger charge is 2.33. The number of nitrogens with one attached hydrogen (secondary N) is 1. The zero-order valence-corrected chi connectivity index (χ0v) is 14.0. The zero-order valence-electron chi connectivity index (χ0n) is 14.0. The Morgan fingerprint density at radius 2 is 1.96 bits per heavy atom. The zero-order chi connectivity index (χ0) is 17.2. The molecule has 3 aromatic rings. The summed E-state index contributed by atoms with van der Waals surface area (Å²) in [5.41, 5.74) is 3.19. The van der Waals surface area contributed by atoms with Crippen molar-refractivity contribution >= 4 is 5.91 Å². The number of nitrogens with zero attached hydrogens (tertiary/aromatic N) is 4. The summed E-state index contributed by atoms with van der Waals surface area (Å²) < 4.78 is 0. The van der Waals surface area contributed by atoms with Crippen molar-refractivity contribution in [1.29, 1.82) is 0 Å². The van der Waals surface area contributed by atoms with Gasteiger partial charge >= 0.3 is 0 Å².